The fourth-order valence-corrected chi connectivity index (χ4v) is 2.27. The van der Waals surface area contributed by atoms with Gasteiger partial charge in [-0.05, 0) is 26.7 Å². The molecule has 1 aliphatic heterocycles. The number of ether oxygens (including phenoxy) is 1. The Morgan fingerprint density at radius 1 is 1.56 bits per heavy atom. The smallest absolute Gasteiger partial charge is 0.240 e. The highest BCUT2D eigenvalue weighted by Gasteiger charge is 2.37. The second-order valence-electron chi connectivity index (χ2n) is 4.57. The summed E-state index contributed by atoms with van der Waals surface area (Å²) in [6, 6.07) is 0.211. The third kappa shape index (κ3) is 2.95. The number of carbonyl (C=O) groups is 1. The molecule has 1 fully saturated rings. The summed E-state index contributed by atoms with van der Waals surface area (Å²) in [5.41, 5.74) is 0. The summed E-state index contributed by atoms with van der Waals surface area (Å²) < 4.78 is 5.07. The van der Waals surface area contributed by atoms with Gasteiger partial charge >= 0.3 is 0 Å². The van der Waals surface area contributed by atoms with E-state index in [-0.39, 0.29) is 24.2 Å². The molecule has 0 aromatic heterocycles. The zero-order chi connectivity index (χ0) is 12.1. The van der Waals surface area contributed by atoms with E-state index in [1.807, 2.05) is 11.8 Å². The van der Waals surface area contributed by atoms with E-state index in [1.165, 1.54) is 0 Å². The summed E-state index contributed by atoms with van der Waals surface area (Å²) in [4.78, 5) is 14.0. The minimum absolute atomic E-state index is 0.0402. The van der Waals surface area contributed by atoms with Crippen LogP contribution in [0.25, 0.3) is 0 Å². The number of hydrogen-bond acceptors (Lipinski definition) is 3. The van der Waals surface area contributed by atoms with Gasteiger partial charge in [0, 0.05) is 19.8 Å². The zero-order valence-electron chi connectivity index (χ0n) is 10.8. The van der Waals surface area contributed by atoms with E-state index in [1.54, 1.807) is 7.11 Å². The average molecular weight is 228 g/mol. The maximum absolute atomic E-state index is 12.0. The molecule has 1 aliphatic rings. The highest BCUT2D eigenvalue weighted by atomic mass is 16.5. The molecule has 1 heterocycles. The van der Waals surface area contributed by atoms with Crippen LogP contribution in [0.4, 0.5) is 0 Å². The predicted molar refractivity (Wildman–Crippen MR) is 64.1 cm³/mol. The molecule has 0 spiro atoms. The Balaban J connectivity index is 2.61. The first-order valence-corrected chi connectivity index (χ1v) is 6.19. The third-order valence-electron chi connectivity index (χ3n) is 3.18. The molecule has 4 heteroatoms. The van der Waals surface area contributed by atoms with Crippen molar-refractivity contribution in [3.63, 3.8) is 0 Å². The number of carbonyl (C=O) groups excluding carboxylic acids is 1. The summed E-state index contributed by atoms with van der Waals surface area (Å²) in [6.07, 6.45) is 3.22. The Morgan fingerprint density at radius 2 is 2.25 bits per heavy atom. The second-order valence-corrected chi connectivity index (χ2v) is 4.57. The monoisotopic (exact) mass is 228 g/mol. The summed E-state index contributed by atoms with van der Waals surface area (Å²) in [6.45, 7) is 6.89. The van der Waals surface area contributed by atoms with Gasteiger partial charge in [-0.3, -0.25) is 10.1 Å². The summed E-state index contributed by atoms with van der Waals surface area (Å²) in [7, 11) is 1.70. The molecular weight excluding hydrogens is 204 g/mol. The van der Waals surface area contributed by atoms with Crippen LogP contribution in [0.15, 0.2) is 0 Å². The van der Waals surface area contributed by atoms with Crippen molar-refractivity contribution in [1.29, 1.82) is 0 Å². The van der Waals surface area contributed by atoms with Crippen LogP contribution in [0.5, 0.6) is 0 Å². The Bertz CT molecular complexity index is 233. The minimum Gasteiger partial charge on any atom is -0.385 e. The molecule has 3 atom stereocenters. The third-order valence-corrected chi connectivity index (χ3v) is 3.18. The van der Waals surface area contributed by atoms with Gasteiger partial charge in [0.25, 0.3) is 0 Å². The van der Waals surface area contributed by atoms with Crippen LogP contribution in [-0.2, 0) is 9.53 Å². The van der Waals surface area contributed by atoms with Crippen LogP contribution in [0.1, 0.15) is 40.0 Å². The van der Waals surface area contributed by atoms with Crippen LogP contribution in [0.3, 0.4) is 0 Å². The number of rotatable bonds is 6. The molecule has 94 valence electrons. The van der Waals surface area contributed by atoms with E-state index in [2.05, 4.69) is 19.2 Å². The van der Waals surface area contributed by atoms with Crippen molar-refractivity contribution in [2.24, 2.45) is 0 Å². The van der Waals surface area contributed by atoms with E-state index in [9.17, 15) is 4.79 Å². The van der Waals surface area contributed by atoms with Crippen LogP contribution in [0, 0.1) is 0 Å². The number of methoxy groups -OCH3 is 1. The second kappa shape index (κ2) is 6.21. The van der Waals surface area contributed by atoms with Crippen LogP contribution < -0.4 is 5.32 Å². The molecule has 0 saturated carbocycles. The first-order valence-electron chi connectivity index (χ1n) is 6.19. The van der Waals surface area contributed by atoms with Crippen LogP contribution in [-0.4, -0.2) is 42.8 Å². The summed E-state index contributed by atoms with van der Waals surface area (Å²) in [5, 5.41) is 3.35. The van der Waals surface area contributed by atoms with Crippen molar-refractivity contribution in [1.82, 2.24) is 10.2 Å². The van der Waals surface area contributed by atoms with Gasteiger partial charge in [0.1, 0.15) is 0 Å². The van der Waals surface area contributed by atoms with Crippen molar-refractivity contribution < 1.29 is 9.53 Å². The van der Waals surface area contributed by atoms with Crippen molar-refractivity contribution in [3.05, 3.63) is 0 Å². The Labute approximate surface area is 98.3 Å². The van der Waals surface area contributed by atoms with Gasteiger partial charge < -0.3 is 9.64 Å². The van der Waals surface area contributed by atoms with Gasteiger partial charge in [-0.25, -0.2) is 0 Å². The van der Waals surface area contributed by atoms with E-state index in [0.717, 1.165) is 19.3 Å². The molecule has 1 N–H and O–H groups in total. The highest BCUT2D eigenvalue weighted by molar-refractivity contribution is 5.84. The Kier molecular flexibility index (Phi) is 5.22. The molecular formula is C12H24N2O2. The Morgan fingerprint density at radius 3 is 2.81 bits per heavy atom. The molecule has 0 aromatic rings. The normalized spacial score (nSPS) is 27.5. The molecule has 4 nitrogen and oxygen atoms in total. The number of nitrogens with one attached hydrogen (secondary N) is 1. The van der Waals surface area contributed by atoms with E-state index in [0.29, 0.717) is 6.61 Å². The van der Waals surface area contributed by atoms with Gasteiger partial charge in [0.05, 0.1) is 12.2 Å². The first kappa shape index (κ1) is 13.5. The molecule has 1 amide bonds. The molecule has 1 rings (SSSR count). The molecule has 0 bridgehead atoms. The molecule has 0 aliphatic carbocycles. The van der Waals surface area contributed by atoms with Crippen LogP contribution in [0.2, 0.25) is 0 Å². The molecule has 0 aromatic carbocycles. The molecule has 0 radical (unpaired) electrons. The molecule has 1 saturated heterocycles. The molecule has 3 unspecified atom stereocenters. The highest BCUT2D eigenvalue weighted by Crippen LogP contribution is 2.19. The lowest BCUT2D eigenvalue weighted by molar-refractivity contribution is -0.132. The lowest BCUT2D eigenvalue weighted by atomic mass is 10.1. The van der Waals surface area contributed by atoms with Gasteiger partial charge in [-0.2, -0.15) is 0 Å². The quantitative estimate of drug-likeness (QED) is 0.746. The lowest BCUT2D eigenvalue weighted by Crippen LogP contribution is -2.43. The van der Waals surface area contributed by atoms with E-state index in [4.69, 9.17) is 4.74 Å². The number of hydrogen-bond donors (Lipinski definition) is 1. The lowest BCUT2D eigenvalue weighted by Gasteiger charge is -2.30. The average Bonchev–Trinajstić information content (AvgIpc) is 2.52. The van der Waals surface area contributed by atoms with Crippen molar-refractivity contribution in [2.45, 2.75) is 58.3 Å². The van der Waals surface area contributed by atoms with Gasteiger partial charge in [-0.1, -0.05) is 13.3 Å². The molecule has 16 heavy (non-hydrogen) atoms. The van der Waals surface area contributed by atoms with E-state index >= 15 is 0 Å². The topological polar surface area (TPSA) is 41.6 Å². The number of amides is 1. The number of nitrogens with zero attached hydrogens (tertiary/aromatic N) is 1. The maximum atomic E-state index is 12.0. The van der Waals surface area contributed by atoms with Gasteiger partial charge in [-0.15, -0.1) is 0 Å². The standard InChI is InChI=1S/C12H24N2O2/c1-5-6-11-13-10(3)12(15)14(11)9(2)7-8-16-4/h9-11,13H,5-8H2,1-4H3. The van der Waals surface area contributed by atoms with Gasteiger partial charge in [0.15, 0.2) is 0 Å². The predicted octanol–water partition coefficient (Wildman–Crippen LogP) is 1.36. The zero-order valence-corrected chi connectivity index (χ0v) is 10.8. The summed E-state index contributed by atoms with van der Waals surface area (Å²) in [5.74, 6) is 0.224. The van der Waals surface area contributed by atoms with Crippen molar-refractivity contribution >= 4 is 5.91 Å². The Hall–Kier alpha value is -0.610. The van der Waals surface area contributed by atoms with Crippen molar-refractivity contribution in [2.75, 3.05) is 13.7 Å². The SMILES string of the molecule is CCCC1NC(C)C(=O)N1C(C)CCOC. The van der Waals surface area contributed by atoms with Gasteiger partial charge in [0.2, 0.25) is 5.91 Å². The summed E-state index contributed by atoms with van der Waals surface area (Å²) >= 11 is 0. The fraction of sp³-hybridized carbons (Fsp3) is 0.917. The van der Waals surface area contributed by atoms with Crippen LogP contribution >= 0.6 is 0 Å². The van der Waals surface area contributed by atoms with Crippen molar-refractivity contribution in [3.8, 4) is 0 Å². The fourth-order valence-electron chi connectivity index (χ4n) is 2.27. The maximum Gasteiger partial charge on any atom is 0.240 e. The minimum atomic E-state index is -0.0402. The van der Waals surface area contributed by atoms with E-state index < -0.39 is 0 Å². The first-order chi connectivity index (χ1) is 7.61. The largest absolute Gasteiger partial charge is 0.385 e.